The van der Waals surface area contributed by atoms with Gasteiger partial charge in [0.15, 0.2) is 0 Å². The average molecular weight is 447 g/mol. The van der Waals surface area contributed by atoms with Gasteiger partial charge in [-0.05, 0) is 30.2 Å². The van der Waals surface area contributed by atoms with Crippen LogP contribution in [0.5, 0.6) is 0 Å². The highest BCUT2D eigenvalue weighted by atomic mass is 16.5. The molecule has 8 heteroatoms. The zero-order valence-corrected chi connectivity index (χ0v) is 19.2. The van der Waals surface area contributed by atoms with Crippen molar-refractivity contribution in [2.45, 2.75) is 12.8 Å². The van der Waals surface area contributed by atoms with Crippen molar-refractivity contribution in [3.63, 3.8) is 0 Å². The predicted octanol–water partition coefficient (Wildman–Crippen LogP) is 2.96. The Balaban J connectivity index is 2.48. The molecule has 0 radical (unpaired) electrons. The van der Waals surface area contributed by atoms with Gasteiger partial charge in [-0.3, -0.25) is 4.90 Å². The van der Waals surface area contributed by atoms with E-state index in [1.54, 1.807) is 24.3 Å². The van der Waals surface area contributed by atoms with E-state index in [1.165, 1.54) is 19.1 Å². The molecule has 2 aromatic rings. The molecule has 0 amide bonds. The highest BCUT2D eigenvalue weighted by Gasteiger charge is 2.43. The Bertz CT molecular complexity index is 1190. The van der Waals surface area contributed by atoms with Crippen LogP contribution >= 0.6 is 0 Å². The lowest BCUT2D eigenvalue weighted by Crippen LogP contribution is -2.41. The Hall–Kier alpha value is -4.25. The number of ether oxygens (including phenoxy) is 2. The van der Waals surface area contributed by atoms with E-state index in [2.05, 4.69) is 6.07 Å². The Morgan fingerprint density at radius 1 is 1.06 bits per heavy atom. The van der Waals surface area contributed by atoms with E-state index in [9.17, 15) is 14.9 Å². The van der Waals surface area contributed by atoms with Crippen LogP contribution in [0.3, 0.4) is 0 Å². The van der Waals surface area contributed by atoms with Crippen LogP contribution in [0.2, 0.25) is 0 Å². The van der Waals surface area contributed by atoms with Crippen LogP contribution in [0.15, 0.2) is 71.2 Å². The molecule has 0 aliphatic carbocycles. The zero-order chi connectivity index (χ0) is 24.3. The molecule has 1 aliphatic heterocycles. The van der Waals surface area contributed by atoms with Gasteiger partial charge in [-0.25, -0.2) is 9.59 Å². The van der Waals surface area contributed by atoms with E-state index in [4.69, 9.17) is 15.2 Å². The number of hydrogen-bond acceptors (Lipinski definition) is 8. The number of methoxy groups -OCH3 is 2. The van der Waals surface area contributed by atoms with E-state index in [-0.39, 0.29) is 22.7 Å². The van der Waals surface area contributed by atoms with Crippen molar-refractivity contribution in [1.82, 2.24) is 0 Å². The number of anilines is 2. The van der Waals surface area contributed by atoms with Crippen LogP contribution in [0.25, 0.3) is 0 Å². The third kappa shape index (κ3) is 4.13. The summed E-state index contributed by atoms with van der Waals surface area (Å²) in [5.74, 6) is -2.40. The van der Waals surface area contributed by atoms with Crippen molar-refractivity contribution in [2.24, 2.45) is 5.73 Å². The molecule has 1 atom stereocenters. The fourth-order valence-corrected chi connectivity index (χ4v) is 3.95. The van der Waals surface area contributed by atoms with E-state index in [0.29, 0.717) is 11.3 Å². The summed E-state index contributed by atoms with van der Waals surface area (Å²) in [6.07, 6.45) is 0. The SMILES string of the molecule is COC(=O)C1=C(C(=O)OC)N(c2cc(C)ccc2N(C)C)C(N)=C(C#N)C1c1ccccc1. The maximum atomic E-state index is 13.2. The van der Waals surface area contributed by atoms with E-state index < -0.39 is 17.9 Å². The first kappa shape index (κ1) is 23.4. The van der Waals surface area contributed by atoms with Crippen molar-refractivity contribution < 1.29 is 19.1 Å². The monoisotopic (exact) mass is 446 g/mol. The highest BCUT2D eigenvalue weighted by molar-refractivity contribution is 6.07. The molecule has 0 saturated heterocycles. The van der Waals surface area contributed by atoms with Crippen LogP contribution in [-0.4, -0.2) is 40.3 Å². The van der Waals surface area contributed by atoms with Gasteiger partial charge in [0.05, 0.1) is 48.7 Å². The average Bonchev–Trinajstić information content (AvgIpc) is 2.82. The molecule has 2 N–H and O–H groups in total. The Kier molecular flexibility index (Phi) is 6.73. The molecule has 33 heavy (non-hydrogen) atoms. The first-order valence-corrected chi connectivity index (χ1v) is 10.2. The topological polar surface area (TPSA) is 109 Å². The van der Waals surface area contributed by atoms with Gasteiger partial charge in [0.2, 0.25) is 0 Å². The van der Waals surface area contributed by atoms with Crippen LogP contribution in [0.1, 0.15) is 17.0 Å². The van der Waals surface area contributed by atoms with Gasteiger partial charge in [0.1, 0.15) is 11.5 Å². The number of carbonyl (C=O) groups is 2. The molecule has 1 unspecified atom stereocenters. The van der Waals surface area contributed by atoms with Crippen LogP contribution < -0.4 is 15.5 Å². The van der Waals surface area contributed by atoms with E-state index in [0.717, 1.165) is 11.3 Å². The Morgan fingerprint density at radius 2 is 1.70 bits per heavy atom. The minimum atomic E-state index is -0.901. The fraction of sp³-hybridized carbons (Fsp3) is 0.240. The first-order valence-electron chi connectivity index (χ1n) is 10.2. The van der Waals surface area contributed by atoms with Gasteiger partial charge in [-0.15, -0.1) is 0 Å². The molecule has 0 bridgehead atoms. The maximum absolute atomic E-state index is 13.2. The summed E-state index contributed by atoms with van der Waals surface area (Å²) in [6, 6.07) is 16.7. The molecule has 1 heterocycles. The third-order valence-electron chi connectivity index (χ3n) is 5.46. The Labute approximate surface area is 193 Å². The van der Waals surface area contributed by atoms with Crippen LogP contribution in [-0.2, 0) is 19.1 Å². The molecule has 0 aromatic heterocycles. The smallest absolute Gasteiger partial charge is 0.355 e. The number of allylic oxidation sites excluding steroid dienone is 1. The van der Waals surface area contributed by atoms with Crippen molar-refractivity contribution >= 4 is 23.3 Å². The Morgan fingerprint density at radius 3 is 2.24 bits per heavy atom. The third-order valence-corrected chi connectivity index (χ3v) is 5.46. The summed E-state index contributed by atoms with van der Waals surface area (Å²) in [6.45, 7) is 1.90. The number of carbonyl (C=O) groups excluding carboxylic acids is 2. The van der Waals surface area contributed by atoms with Crippen LogP contribution in [0.4, 0.5) is 11.4 Å². The molecule has 8 nitrogen and oxygen atoms in total. The first-order chi connectivity index (χ1) is 15.8. The van der Waals surface area contributed by atoms with Crippen molar-refractivity contribution in [3.05, 3.63) is 82.3 Å². The van der Waals surface area contributed by atoms with E-state index in [1.807, 2.05) is 50.2 Å². The highest BCUT2D eigenvalue weighted by Crippen LogP contribution is 2.45. The molecule has 3 rings (SSSR count). The molecule has 0 saturated carbocycles. The summed E-state index contributed by atoms with van der Waals surface area (Å²) < 4.78 is 10.1. The lowest BCUT2D eigenvalue weighted by atomic mass is 9.81. The summed E-state index contributed by atoms with van der Waals surface area (Å²) in [7, 11) is 6.14. The van der Waals surface area contributed by atoms with E-state index >= 15 is 0 Å². The second-order valence-corrected chi connectivity index (χ2v) is 7.72. The minimum Gasteiger partial charge on any atom is -0.466 e. The molecule has 170 valence electrons. The standard InChI is InChI=1S/C25H26N4O4/c1-15-11-12-18(28(2)3)19(13-15)29-22(25(31)33-5)21(24(30)32-4)20(17(14-26)23(29)27)16-9-7-6-8-10-16/h6-13,20H,27H2,1-5H3. The number of hydrogen-bond donors (Lipinski definition) is 1. The predicted molar refractivity (Wildman–Crippen MR) is 125 cm³/mol. The van der Waals surface area contributed by atoms with Gasteiger partial charge >= 0.3 is 11.9 Å². The van der Waals surface area contributed by atoms with Gasteiger partial charge in [-0.1, -0.05) is 36.4 Å². The molecule has 0 spiro atoms. The molecular weight excluding hydrogens is 420 g/mol. The van der Waals surface area contributed by atoms with Crippen LogP contribution in [0, 0.1) is 18.3 Å². The van der Waals surface area contributed by atoms with Gasteiger partial charge in [0, 0.05) is 14.1 Å². The molecule has 2 aromatic carbocycles. The number of aryl methyl sites for hydroxylation is 1. The second-order valence-electron chi connectivity index (χ2n) is 7.72. The molecule has 1 aliphatic rings. The number of nitrogens with two attached hydrogens (primary N) is 1. The van der Waals surface area contributed by atoms with Gasteiger partial charge in [-0.2, -0.15) is 5.26 Å². The number of nitrogens with zero attached hydrogens (tertiary/aromatic N) is 3. The quantitative estimate of drug-likeness (QED) is 0.699. The molecular formula is C25H26N4O4. The normalized spacial score (nSPS) is 15.8. The van der Waals surface area contributed by atoms with Gasteiger partial charge < -0.3 is 20.1 Å². The summed E-state index contributed by atoms with van der Waals surface area (Å²) in [5.41, 5.74) is 9.35. The fourth-order valence-electron chi connectivity index (χ4n) is 3.95. The summed E-state index contributed by atoms with van der Waals surface area (Å²) in [5, 5.41) is 10.1. The number of benzene rings is 2. The number of rotatable bonds is 5. The number of nitriles is 1. The van der Waals surface area contributed by atoms with Crippen molar-refractivity contribution in [2.75, 3.05) is 38.1 Å². The summed E-state index contributed by atoms with van der Waals surface area (Å²) in [4.78, 5) is 29.5. The summed E-state index contributed by atoms with van der Waals surface area (Å²) >= 11 is 0. The van der Waals surface area contributed by atoms with Crippen molar-refractivity contribution in [1.29, 1.82) is 5.26 Å². The second kappa shape index (κ2) is 9.49. The molecule has 0 fully saturated rings. The van der Waals surface area contributed by atoms with Gasteiger partial charge in [0.25, 0.3) is 0 Å². The van der Waals surface area contributed by atoms with Crippen molar-refractivity contribution in [3.8, 4) is 6.07 Å². The minimum absolute atomic E-state index is 0.0208. The lowest BCUT2D eigenvalue weighted by molar-refractivity contribution is -0.139. The number of esters is 2. The largest absolute Gasteiger partial charge is 0.466 e. The zero-order valence-electron chi connectivity index (χ0n) is 19.2. The lowest BCUT2D eigenvalue weighted by Gasteiger charge is -2.37. The maximum Gasteiger partial charge on any atom is 0.355 e.